The maximum Gasteiger partial charge on any atom is 0.244 e. The Morgan fingerprint density at radius 3 is 2.47 bits per heavy atom. The standard InChI is InChI=1S/C23H29FN2O3S/c1-4-22(19-13-12-17-8-5-6-9-18(17)14-19)25-23(27)16(2)26(30(3,28)29)21-11-7-10-20(24)15-21/h7,10-16,22H,4-6,8-9H2,1-3H3,(H,25,27). The predicted molar refractivity (Wildman–Crippen MR) is 117 cm³/mol. The van der Waals surface area contributed by atoms with E-state index in [1.807, 2.05) is 13.0 Å². The van der Waals surface area contributed by atoms with E-state index in [0.717, 1.165) is 35.0 Å². The van der Waals surface area contributed by atoms with Gasteiger partial charge in [-0.25, -0.2) is 12.8 Å². The molecule has 5 nitrogen and oxygen atoms in total. The molecule has 1 N–H and O–H groups in total. The quantitative estimate of drug-likeness (QED) is 0.716. The summed E-state index contributed by atoms with van der Waals surface area (Å²) in [5.74, 6) is -0.983. The van der Waals surface area contributed by atoms with Crippen molar-refractivity contribution in [2.45, 2.75) is 58.0 Å². The topological polar surface area (TPSA) is 66.5 Å². The van der Waals surface area contributed by atoms with Crippen LogP contribution in [0.1, 0.15) is 55.8 Å². The van der Waals surface area contributed by atoms with Gasteiger partial charge in [-0.05, 0) is 73.9 Å². The van der Waals surface area contributed by atoms with E-state index in [1.165, 1.54) is 49.1 Å². The number of hydrogen-bond acceptors (Lipinski definition) is 3. The highest BCUT2D eigenvalue weighted by Crippen LogP contribution is 2.27. The highest BCUT2D eigenvalue weighted by atomic mass is 32.2. The van der Waals surface area contributed by atoms with E-state index in [-0.39, 0.29) is 11.7 Å². The molecule has 3 rings (SSSR count). The number of benzene rings is 2. The molecular weight excluding hydrogens is 403 g/mol. The lowest BCUT2D eigenvalue weighted by Crippen LogP contribution is -2.48. The van der Waals surface area contributed by atoms with Crippen molar-refractivity contribution in [2.75, 3.05) is 10.6 Å². The molecule has 2 unspecified atom stereocenters. The number of nitrogens with one attached hydrogen (secondary N) is 1. The lowest BCUT2D eigenvalue weighted by atomic mass is 9.88. The molecule has 162 valence electrons. The van der Waals surface area contributed by atoms with Crippen molar-refractivity contribution in [3.8, 4) is 0 Å². The Kier molecular flexibility index (Phi) is 6.81. The second-order valence-electron chi connectivity index (χ2n) is 7.92. The van der Waals surface area contributed by atoms with Gasteiger partial charge in [-0.1, -0.05) is 31.2 Å². The number of halogens is 1. The van der Waals surface area contributed by atoms with Crippen molar-refractivity contribution in [1.29, 1.82) is 0 Å². The lowest BCUT2D eigenvalue weighted by Gasteiger charge is -2.30. The van der Waals surface area contributed by atoms with E-state index < -0.39 is 27.8 Å². The van der Waals surface area contributed by atoms with Gasteiger partial charge < -0.3 is 5.32 Å². The van der Waals surface area contributed by atoms with E-state index in [9.17, 15) is 17.6 Å². The fourth-order valence-corrected chi connectivity index (χ4v) is 5.27. The first-order chi connectivity index (χ1) is 14.2. The van der Waals surface area contributed by atoms with Crippen LogP contribution in [-0.4, -0.2) is 26.6 Å². The minimum absolute atomic E-state index is 0.127. The number of carbonyl (C=O) groups excluding carboxylic acids is 1. The number of aryl methyl sites for hydroxylation is 2. The average Bonchev–Trinajstić information content (AvgIpc) is 2.70. The number of nitrogens with zero attached hydrogens (tertiary/aromatic N) is 1. The zero-order valence-corrected chi connectivity index (χ0v) is 18.5. The summed E-state index contributed by atoms with van der Waals surface area (Å²) in [4.78, 5) is 13.0. The molecule has 1 aliphatic carbocycles. The number of fused-ring (bicyclic) bond motifs is 1. The molecule has 0 bridgehead atoms. The van der Waals surface area contributed by atoms with E-state index in [2.05, 4.69) is 17.4 Å². The molecular formula is C23H29FN2O3S. The minimum Gasteiger partial charge on any atom is -0.347 e. The van der Waals surface area contributed by atoms with Gasteiger partial charge in [0.05, 0.1) is 18.0 Å². The summed E-state index contributed by atoms with van der Waals surface area (Å²) >= 11 is 0. The normalized spacial score (nSPS) is 15.7. The third kappa shape index (κ3) is 5.01. The zero-order chi connectivity index (χ0) is 21.9. The lowest BCUT2D eigenvalue weighted by molar-refractivity contribution is -0.122. The van der Waals surface area contributed by atoms with Crippen molar-refractivity contribution in [1.82, 2.24) is 5.32 Å². The van der Waals surface area contributed by atoms with Crippen molar-refractivity contribution in [3.05, 3.63) is 65.0 Å². The maximum absolute atomic E-state index is 13.7. The van der Waals surface area contributed by atoms with Gasteiger partial charge in [0.1, 0.15) is 11.9 Å². The first-order valence-corrected chi connectivity index (χ1v) is 12.2. The SMILES string of the molecule is CCC(NC(=O)C(C)N(c1cccc(F)c1)S(C)(=O)=O)c1ccc2c(c1)CCCC2. The molecule has 0 saturated carbocycles. The first-order valence-electron chi connectivity index (χ1n) is 10.4. The Balaban J connectivity index is 1.83. The third-order valence-corrected chi connectivity index (χ3v) is 6.89. The van der Waals surface area contributed by atoms with Gasteiger partial charge in [0.25, 0.3) is 0 Å². The fourth-order valence-electron chi connectivity index (χ4n) is 4.11. The third-order valence-electron chi connectivity index (χ3n) is 5.65. The Morgan fingerprint density at radius 1 is 1.13 bits per heavy atom. The van der Waals surface area contributed by atoms with Crippen molar-refractivity contribution in [3.63, 3.8) is 0 Å². The summed E-state index contributed by atoms with van der Waals surface area (Å²) in [7, 11) is -3.79. The van der Waals surface area contributed by atoms with Crippen LogP contribution in [0.25, 0.3) is 0 Å². The van der Waals surface area contributed by atoms with Crippen molar-refractivity contribution in [2.24, 2.45) is 0 Å². The van der Waals surface area contributed by atoms with Gasteiger partial charge in [0.15, 0.2) is 0 Å². The van der Waals surface area contributed by atoms with Crippen LogP contribution in [0.15, 0.2) is 42.5 Å². The smallest absolute Gasteiger partial charge is 0.244 e. The number of carbonyl (C=O) groups is 1. The van der Waals surface area contributed by atoms with Crippen molar-refractivity contribution >= 4 is 21.6 Å². The minimum atomic E-state index is -3.79. The van der Waals surface area contributed by atoms with Crippen LogP contribution in [-0.2, 0) is 27.7 Å². The molecule has 0 fully saturated rings. The Hall–Kier alpha value is -2.41. The van der Waals surface area contributed by atoms with Gasteiger partial charge >= 0.3 is 0 Å². The number of rotatable bonds is 7. The number of anilines is 1. The van der Waals surface area contributed by atoms with E-state index in [0.29, 0.717) is 6.42 Å². The highest BCUT2D eigenvalue weighted by Gasteiger charge is 2.30. The molecule has 1 aliphatic rings. The molecule has 2 atom stereocenters. The summed E-state index contributed by atoms with van der Waals surface area (Å²) in [6.07, 6.45) is 6.21. The van der Waals surface area contributed by atoms with Crippen molar-refractivity contribution < 1.29 is 17.6 Å². The number of sulfonamides is 1. The molecule has 2 aromatic carbocycles. The van der Waals surface area contributed by atoms with Crippen LogP contribution in [0.2, 0.25) is 0 Å². The molecule has 0 radical (unpaired) electrons. The monoisotopic (exact) mass is 432 g/mol. The second kappa shape index (κ2) is 9.16. The van der Waals surface area contributed by atoms with Crippen LogP contribution in [0.3, 0.4) is 0 Å². The molecule has 30 heavy (non-hydrogen) atoms. The molecule has 0 saturated heterocycles. The molecule has 2 aromatic rings. The average molecular weight is 433 g/mol. The largest absolute Gasteiger partial charge is 0.347 e. The maximum atomic E-state index is 13.7. The predicted octanol–water partition coefficient (Wildman–Crippen LogP) is 4.13. The molecule has 0 aliphatic heterocycles. The second-order valence-corrected chi connectivity index (χ2v) is 9.78. The van der Waals surface area contributed by atoms with E-state index in [4.69, 9.17) is 0 Å². The molecule has 0 aromatic heterocycles. The highest BCUT2D eigenvalue weighted by molar-refractivity contribution is 7.92. The van der Waals surface area contributed by atoms with Gasteiger partial charge in [-0.3, -0.25) is 9.10 Å². The fraction of sp³-hybridized carbons (Fsp3) is 0.435. The Labute approximate surface area is 178 Å². The molecule has 0 heterocycles. The number of hydrogen-bond donors (Lipinski definition) is 1. The summed E-state index contributed by atoms with van der Waals surface area (Å²) in [6, 6.07) is 10.4. The summed E-state index contributed by atoms with van der Waals surface area (Å²) in [5, 5.41) is 2.99. The molecule has 1 amide bonds. The van der Waals surface area contributed by atoms with Crippen LogP contribution in [0.5, 0.6) is 0 Å². The van der Waals surface area contributed by atoms with Gasteiger partial charge in [0, 0.05) is 0 Å². The van der Waals surface area contributed by atoms with Crippen LogP contribution < -0.4 is 9.62 Å². The van der Waals surface area contributed by atoms with E-state index in [1.54, 1.807) is 0 Å². The molecule has 7 heteroatoms. The molecule has 0 spiro atoms. The van der Waals surface area contributed by atoms with Gasteiger partial charge in [0.2, 0.25) is 15.9 Å². The zero-order valence-electron chi connectivity index (χ0n) is 17.7. The first kappa shape index (κ1) is 22.3. The number of amides is 1. The Morgan fingerprint density at radius 2 is 1.83 bits per heavy atom. The Bertz CT molecular complexity index is 1020. The van der Waals surface area contributed by atoms with E-state index >= 15 is 0 Å². The van der Waals surface area contributed by atoms with Crippen LogP contribution in [0.4, 0.5) is 10.1 Å². The van der Waals surface area contributed by atoms with Crippen LogP contribution in [0, 0.1) is 5.82 Å². The van der Waals surface area contributed by atoms with Gasteiger partial charge in [-0.15, -0.1) is 0 Å². The van der Waals surface area contributed by atoms with Crippen LogP contribution >= 0.6 is 0 Å². The summed E-state index contributed by atoms with van der Waals surface area (Å²) in [5.41, 5.74) is 3.85. The van der Waals surface area contributed by atoms with Gasteiger partial charge in [-0.2, -0.15) is 0 Å². The summed E-state index contributed by atoms with van der Waals surface area (Å²) in [6.45, 7) is 3.50. The summed E-state index contributed by atoms with van der Waals surface area (Å²) < 4.78 is 39.4.